The first-order valence-corrected chi connectivity index (χ1v) is 12.3. The Bertz CT molecular complexity index is 1380. The molecule has 34 heavy (non-hydrogen) atoms. The van der Waals surface area contributed by atoms with E-state index in [0.29, 0.717) is 0 Å². The van der Waals surface area contributed by atoms with Gasteiger partial charge in [0.05, 0.1) is 21.8 Å². The van der Waals surface area contributed by atoms with Gasteiger partial charge in [0.15, 0.2) is 0 Å². The average molecular weight is 476 g/mol. The number of hydrogen-bond acceptors (Lipinski definition) is 5. The van der Waals surface area contributed by atoms with Gasteiger partial charge in [0.2, 0.25) is 15.9 Å². The number of nitriles is 1. The Balaban J connectivity index is 1.44. The summed E-state index contributed by atoms with van der Waals surface area (Å²) in [6.45, 7) is 4.76. The maximum Gasteiger partial charge on any atom is 0.246 e. The zero-order valence-electron chi connectivity index (χ0n) is 19.0. The van der Waals surface area contributed by atoms with Crippen LogP contribution < -0.4 is 0 Å². The molecule has 2 heterocycles. The van der Waals surface area contributed by atoms with Crippen molar-refractivity contribution < 1.29 is 13.2 Å². The summed E-state index contributed by atoms with van der Waals surface area (Å²) in [5.74, 6) is -0.180. The Morgan fingerprint density at radius 3 is 2.32 bits per heavy atom. The third-order valence-corrected chi connectivity index (χ3v) is 7.87. The highest BCUT2D eigenvalue weighted by Crippen LogP contribution is 2.22. The summed E-state index contributed by atoms with van der Waals surface area (Å²) in [5, 5.41) is 13.8. The number of para-hydroxylation sites is 1. The molecule has 1 amide bonds. The van der Waals surface area contributed by atoms with Gasteiger partial charge < -0.3 is 4.90 Å². The molecule has 9 heteroatoms. The molecule has 1 saturated heterocycles. The van der Waals surface area contributed by atoms with E-state index < -0.39 is 10.0 Å². The average Bonchev–Trinajstić information content (AvgIpc) is 3.16. The maximum absolute atomic E-state index is 13.0. The van der Waals surface area contributed by atoms with Crippen molar-refractivity contribution in [3.8, 4) is 11.8 Å². The molecule has 0 unspecified atom stereocenters. The summed E-state index contributed by atoms with van der Waals surface area (Å²) in [6, 6.07) is 17.9. The van der Waals surface area contributed by atoms with E-state index in [1.165, 1.54) is 22.5 Å². The molecule has 0 spiro atoms. The molecular formula is C25H25N5O3S. The number of carbonyl (C=O) groups excluding carboxylic acids is 1. The van der Waals surface area contributed by atoms with Crippen LogP contribution in [-0.4, -0.2) is 59.5 Å². The first-order chi connectivity index (χ1) is 16.3. The molecule has 1 aliphatic rings. The number of rotatable bonds is 5. The van der Waals surface area contributed by atoms with Crippen LogP contribution in [0.1, 0.15) is 22.5 Å². The molecule has 2 aromatic carbocycles. The van der Waals surface area contributed by atoms with Crippen molar-refractivity contribution in [2.75, 3.05) is 26.2 Å². The van der Waals surface area contributed by atoms with Gasteiger partial charge >= 0.3 is 0 Å². The number of carbonyl (C=O) groups is 1. The van der Waals surface area contributed by atoms with Crippen LogP contribution in [0.2, 0.25) is 0 Å². The van der Waals surface area contributed by atoms with Gasteiger partial charge in [-0.15, -0.1) is 0 Å². The second-order valence-electron chi connectivity index (χ2n) is 8.00. The molecular weight excluding hydrogens is 450 g/mol. The molecule has 1 fully saturated rings. The van der Waals surface area contributed by atoms with Crippen LogP contribution in [0.5, 0.6) is 0 Å². The molecule has 0 N–H and O–H groups in total. The van der Waals surface area contributed by atoms with Crippen molar-refractivity contribution in [3.05, 3.63) is 83.2 Å². The van der Waals surface area contributed by atoms with Gasteiger partial charge in [0.25, 0.3) is 0 Å². The number of nitrogens with zero attached hydrogens (tertiary/aromatic N) is 5. The van der Waals surface area contributed by atoms with Crippen molar-refractivity contribution in [1.29, 1.82) is 5.26 Å². The minimum atomic E-state index is -3.80. The molecule has 0 atom stereocenters. The third-order valence-electron chi connectivity index (χ3n) is 5.92. The number of aryl methyl sites for hydroxylation is 1. The van der Waals surface area contributed by atoms with E-state index >= 15 is 0 Å². The van der Waals surface area contributed by atoms with Gasteiger partial charge in [0.1, 0.15) is 6.07 Å². The number of aromatic nitrogens is 2. The topological polar surface area (TPSA) is 99.3 Å². The molecule has 4 rings (SSSR count). The second kappa shape index (κ2) is 9.63. The lowest BCUT2D eigenvalue weighted by Crippen LogP contribution is -2.50. The zero-order valence-corrected chi connectivity index (χ0v) is 19.9. The van der Waals surface area contributed by atoms with Crippen LogP contribution in [0.15, 0.2) is 65.6 Å². The Labute approximate surface area is 199 Å². The highest BCUT2D eigenvalue weighted by atomic mass is 32.2. The van der Waals surface area contributed by atoms with E-state index in [2.05, 4.69) is 5.10 Å². The van der Waals surface area contributed by atoms with Crippen LogP contribution in [0.3, 0.4) is 0 Å². The normalized spacial score (nSPS) is 14.9. The quantitative estimate of drug-likeness (QED) is 0.529. The lowest BCUT2D eigenvalue weighted by atomic mass is 10.1. The van der Waals surface area contributed by atoms with Gasteiger partial charge in [-0.05, 0) is 44.2 Å². The molecule has 0 aliphatic carbocycles. The van der Waals surface area contributed by atoms with E-state index in [0.717, 1.165) is 22.6 Å². The lowest BCUT2D eigenvalue weighted by molar-refractivity contribution is -0.127. The van der Waals surface area contributed by atoms with E-state index in [9.17, 15) is 18.5 Å². The predicted octanol–water partition coefficient (Wildman–Crippen LogP) is 2.91. The van der Waals surface area contributed by atoms with Crippen LogP contribution >= 0.6 is 0 Å². The SMILES string of the molecule is Cc1nn(-c2ccccc2)c(C)c1/C=C/C(=O)N1CCN(S(=O)(=O)c2ccccc2C#N)CC1. The van der Waals surface area contributed by atoms with Gasteiger partial charge in [-0.3, -0.25) is 4.79 Å². The minimum absolute atomic E-state index is 0.00134. The molecule has 0 radical (unpaired) electrons. The Morgan fingerprint density at radius 2 is 1.65 bits per heavy atom. The lowest BCUT2D eigenvalue weighted by Gasteiger charge is -2.33. The maximum atomic E-state index is 13.0. The largest absolute Gasteiger partial charge is 0.337 e. The van der Waals surface area contributed by atoms with Gasteiger partial charge in [-0.25, -0.2) is 13.1 Å². The number of benzene rings is 2. The Morgan fingerprint density at radius 1 is 1.00 bits per heavy atom. The Hall–Kier alpha value is -3.74. The second-order valence-corrected chi connectivity index (χ2v) is 9.91. The van der Waals surface area contributed by atoms with E-state index in [4.69, 9.17) is 0 Å². The number of hydrogen-bond donors (Lipinski definition) is 0. The fraction of sp³-hybridized carbons (Fsp3) is 0.240. The summed E-state index contributed by atoms with van der Waals surface area (Å²) in [5.41, 5.74) is 3.69. The summed E-state index contributed by atoms with van der Waals surface area (Å²) in [6.07, 6.45) is 3.28. The smallest absolute Gasteiger partial charge is 0.246 e. The molecule has 8 nitrogen and oxygen atoms in total. The van der Waals surface area contributed by atoms with Crippen molar-refractivity contribution in [1.82, 2.24) is 19.0 Å². The summed E-state index contributed by atoms with van der Waals surface area (Å²) in [4.78, 5) is 14.4. The van der Waals surface area contributed by atoms with Crippen LogP contribution in [0.4, 0.5) is 0 Å². The number of sulfonamides is 1. The van der Waals surface area contributed by atoms with E-state index in [1.54, 1.807) is 23.1 Å². The van der Waals surface area contributed by atoms with Gasteiger partial charge in [-0.1, -0.05) is 30.3 Å². The number of amides is 1. The van der Waals surface area contributed by atoms with Crippen LogP contribution in [0.25, 0.3) is 11.8 Å². The third kappa shape index (κ3) is 4.51. The standard InChI is InChI=1S/C25H25N5O3S/c1-19-23(20(2)30(27-19)22-9-4-3-5-10-22)12-13-25(31)28-14-16-29(17-15-28)34(32,33)24-11-7-6-8-21(24)18-26/h3-13H,14-17H2,1-2H3/b13-12+. The first-order valence-electron chi connectivity index (χ1n) is 10.9. The van der Waals surface area contributed by atoms with Gasteiger partial charge in [0, 0.05) is 43.5 Å². The minimum Gasteiger partial charge on any atom is -0.337 e. The molecule has 0 saturated carbocycles. The van der Waals surface area contributed by atoms with Crippen molar-refractivity contribution in [3.63, 3.8) is 0 Å². The summed E-state index contributed by atoms with van der Waals surface area (Å²) >= 11 is 0. The fourth-order valence-electron chi connectivity index (χ4n) is 4.05. The summed E-state index contributed by atoms with van der Waals surface area (Å²) < 4.78 is 29.2. The molecule has 1 aliphatic heterocycles. The van der Waals surface area contributed by atoms with Crippen molar-refractivity contribution in [2.45, 2.75) is 18.7 Å². The summed E-state index contributed by atoms with van der Waals surface area (Å²) in [7, 11) is -3.80. The highest BCUT2D eigenvalue weighted by molar-refractivity contribution is 7.89. The molecule has 3 aromatic rings. The molecule has 0 bridgehead atoms. The van der Waals surface area contributed by atoms with Crippen LogP contribution in [0, 0.1) is 25.2 Å². The van der Waals surface area contributed by atoms with Crippen molar-refractivity contribution in [2.24, 2.45) is 0 Å². The van der Waals surface area contributed by atoms with Crippen LogP contribution in [-0.2, 0) is 14.8 Å². The van der Waals surface area contributed by atoms with E-state index in [1.807, 2.05) is 54.9 Å². The first kappa shape index (κ1) is 23.4. The van der Waals surface area contributed by atoms with Crippen molar-refractivity contribution >= 4 is 22.0 Å². The molecule has 1 aromatic heterocycles. The predicted molar refractivity (Wildman–Crippen MR) is 129 cm³/mol. The monoisotopic (exact) mass is 475 g/mol. The highest BCUT2D eigenvalue weighted by Gasteiger charge is 2.31. The number of piperazine rings is 1. The fourth-order valence-corrected chi connectivity index (χ4v) is 5.61. The van der Waals surface area contributed by atoms with E-state index in [-0.39, 0.29) is 42.5 Å². The van der Waals surface area contributed by atoms with Gasteiger partial charge in [-0.2, -0.15) is 14.7 Å². The Kier molecular flexibility index (Phi) is 6.63. The zero-order chi connectivity index (χ0) is 24.3. The molecule has 174 valence electrons.